The van der Waals surface area contributed by atoms with Gasteiger partial charge in [0, 0.05) is 24.8 Å². The molecule has 1 fully saturated rings. The Morgan fingerprint density at radius 2 is 2.31 bits per heavy atom. The van der Waals surface area contributed by atoms with Crippen LogP contribution in [0.4, 0.5) is 0 Å². The molecule has 1 saturated heterocycles. The Labute approximate surface area is 96.8 Å². The fourth-order valence-corrected chi connectivity index (χ4v) is 1.90. The molecule has 0 bridgehead atoms. The zero-order chi connectivity index (χ0) is 11.2. The molecule has 1 aromatic carbocycles. The van der Waals surface area contributed by atoms with Crippen molar-refractivity contribution >= 4 is 0 Å². The van der Waals surface area contributed by atoms with Gasteiger partial charge in [0.05, 0.1) is 13.2 Å². The van der Waals surface area contributed by atoms with Gasteiger partial charge in [-0.3, -0.25) is 0 Å². The third-order valence-corrected chi connectivity index (χ3v) is 2.78. The molecule has 0 aromatic heterocycles. The van der Waals surface area contributed by atoms with E-state index in [1.807, 2.05) is 25.1 Å². The van der Waals surface area contributed by atoms with Gasteiger partial charge in [0.2, 0.25) is 0 Å². The molecule has 1 aliphatic heterocycles. The number of para-hydroxylation sites is 1. The Morgan fingerprint density at radius 3 is 3.06 bits per heavy atom. The molecule has 88 valence electrons. The Balaban J connectivity index is 1.91. The van der Waals surface area contributed by atoms with Crippen LogP contribution in [0, 0.1) is 0 Å². The first kappa shape index (κ1) is 11.4. The molecule has 1 aliphatic rings. The Morgan fingerprint density at radius 1 is 1.44 bits per heavy atom. The average molecular weight is 221 g/mol. The molecule has 1 N–H and O–H groups in total. The van der Waals surface area contributed by atoms with Crippen LogP contribution in [0.5, 0.6) is 5.75 Å². The standard InChI is InChI=1S/C13H19NO2/c1-2-16-13-6-4-3-5-11(13)9-14-12-7-8-15-10-12/h3-6,12,14H,2,7-10H2,1H3. The van der Waals surface area contributed by atoms with E-state index in [9.17, 15) is 0 Å². The molecule has 1 atom stereocenters. The number of benzene rings is 1. The van der Waals surface area contributed by atoms with Crippen molar-refractivity contribution < 1.29 is 9.47 Å². The van der Waals surface area contributed by atoms with Crippen molar-refractivity contribution in [2.24, 2.45) is 0 Å². The number of nitrogens with one attached hydrogen (secondary N) is 1. The summed E-state index contributed by atoms with van der Waals surface area (Å²) in [5.41, 5.74) is 1.22. The van der Waals surface area contributed by atoms with Crippen molar-refractivity contribution in [3.05, 3.63) is 29.8 Å². The summed E-state index contributed by atoms with van der Waals surface area (Å²) in [4.78, 5) is 0. The van der Waals surface area contributed by atoms with Crippen LogP contribution >= 0.6 is 0 Å². The van der Waals surface area contributed by atoms with Crippen LogP contribution in [0.1, 0.15) is 18.9 Å². The normalized spacial score (nSPS) is 19.9. The Hall–Kier alpha value is -1.06. The van der Waals surface area contributed by atoms with E-state index >= 15 is 0 Å². The van der Waals surface area contributed by atoms with Gasteiger partial charge >= 0.3 is 0 Å². The summed E-state index contributed by atoms with van der Waals surface area (Å²) in [5.74, 6) is 0.983. The molecule has 1 heterocycles. The molecule has 1 unspecified atom stereocenters. The quantitative estimate of drug-likeness (QED) is 0.824. The smallest absolute Gasteiger partial charge is 0.123 e. The third-order valence-electron chi connectivity index (χ3n) is 2.78. The first-order valence-electron chi connectivity index (χ1n) is 5.92. The van der Waals surface area contributed by atoms with E-state index in [2.05, 4.69) is 11.4 Å². The monoisotopic (exact) mass is 221 g/mol. The summed E-state index contributed by atoms with van der Waals surface area (Å²) >= 11 is 0. The van der Waals surface area contributed by atoms with Gasteiger partial charge in [-0.2, -0.15) is 0 Å². The second-order valence-electron chi connectivity index (χ2n) is 3.98. The largest absolute Gasteiger partial charge is 0.494 e. The van der Waals surface area contributed by atoms with Crippen LogP contribution in [0.3, 0.4) is 0 Å². The summed E-state index contributed by atoms with van der Waals surface area (Å²) in [5, 5.41) is 3.49. The van der Waals surface area contributed by atoms with E-state index in [4.69, 9.17) is 9.47 Å². The van der Waals surface area contributed by atoms with Crippen molar-refractivity contribution in [2.75, 3.05) is 19.8 Å². The minimum atomic E-state index is 0.495. The SMILES string of the molecule is CCOc1ccccc1CNC1CCOC1. The van der Waals surface area contributed by atoms with E-state index in [1.54, 1.807) is 0 Å². The molecule has 0 amide bonds. The van der Waals surface area contributed by atoms with Gasteiger partial charge in [0.1, 0.15) is 5.75 Å². The number of hydrogen-bond acceptors (Lipinski definition) is 3. The maximum Gasteiger partial charge on any atom is 0.123 e. The topological polar surface area (TPSA) is 30.5 Å². The van der Waals surface area contributed by atoms with Crippen molar-refractivity contribution in [2.45, 2.75) is 25.9 Å². The average Bonchev–Trinajstić information content (AvgIpc) is 2.81. The lowest BCUT2D eigenvalue weighted by atomic mass is 10.2. The van der Waals surface area contributed by atoms with Crippen LogP contribution in [-0.4, -0.2) is 25.9 Å². The van der Waals surface area contributed by atoms with Crippen LogP contribution in [0.25, 0.3) is 0 Å². The molecular formula is C13H19NO2. The highest BCUT2D eigenvalue weighted by Gasteiger charge is 2.15. The van der Waals surface area contributed by atoms with Gasteiger partial charge in [-0.25, -0.2) is 0 Å². The molecule has 2 rings (SSSR count). The Bertz CT molecular complexity index is 321. The number of ether oxygens (including phenoxy) is 2. The van der Waals surface area contributed by atoms with Gasteiger partial charge in [0.25, 0.3) is 0 Å². The lowest BCUT2D eigenvalue weighted by Crippen LogP contribution is -2.28. The minimum Gasteiger partial charge on any atom is -0.494 e. The van der Waals surface area contributed by atoms with E-state index < -0.39 is 0 Å². The van der Waals surface area contributed by atoms with Gasteiger partial charge in [-0.05, 0) is 19.4 Å². The molecule has 1 aromatic rings. The lowest BCUT2D eigenvalue weighted by molar-refractivity contribution is 0.189. The summed E-state index contributed by atoms with van der Waals surface area (Å²) in [7, 11) is 0. The lowest BCUT2D eigenvalue weighted by Gasteiger charge is -2.13. The maximum absolute atomic E-state index is 5.58. The van der Waals surface area contributed by atoms with Crippen LogP contribution in [0.15, 0.2) is 24.3 Å². The predicted octanol–water partition coefficient (Wildman–Crippen LogP) is 1.96. The van der Waals surface area contributed by atoms with Gasteiger partial charge in [0.15, 0.2) is 0 Å². The van der Waals surface area contributed by atoms with Crippen molar-refractivity contribution in [3.8, 4) is 5.75 Å². The first-order chi connectivity index (χ1) is 7.90. The van der Waals surface area contributed by atoms with E-state index in [-0.39, 0.29) is 0 Å². The molecule has 0 aliphatic carbocycles. The summed E-state index contributed by atoms with van der Waals surface area (Å²) < 4.78 is 10.9. The second kappa shape index (κ2) is 5.87. The van der Waals surface area contributed by atoms with Crippen LogP contribution in [0.2, 0.25) is 0 Å². The maximum atomic E-state index is 5.58. The molecule has 0 spiro atoms. The number of rotatable bonds is 5. The fraction of sp³-hybridized carbons (Fsp3) is 0.538. The molecule has 0 saturated carbocycles. The molecule has 3 heteroatoms. The molecular weight excluding hydrogens is 202 g/mol. The van der Waals surface area contributed by atoms with E-state index in [0.717, 1.165) is 31.9 Å². The van der Waals surface area contributed by atoms with Crippen LogP contribution < -0.4 is 10.1 Å². The molecule has 16 heavy (non-hydrogen) atoms. The van der Waals surface area contributed by atoms with Gasteiger partial charge < -0.3 is 14.8 Å². The zero-order valence-electron chi connectivity index (χ0n) is 9.74. The van der Waals surface area contributed by atoms with Crippen LogP contribution in [-0.2, 0) is 11.3 Å². The van der Waals surface area contributed by atoms with Gasteiger partial charge in [-0.15, -0.1) is 0 Å². The third kappa shape index (κ3) is 2.97. The highest BCUT2D eigenvalue weighted by atomic mass is 16.5. The Kier molecular flexibility index (Phi) is 4.19. The van der Waals surface area contributed by atoms with E-state index in [0.29, 0.717) is 12.6 Å². The predicted molar refractivity (Wildman–Crippen MR) is 63.7 cm³/mol. The first-order valence-corrected chi connectivity index (χ1v) is 5.92. The highest BCUT2D eigenvalue weighted by molar-refractivity contribution is 5.33. The summed E-state index contributed by atoms with van der Waals surface area (Å²) in [6.07, 6.45) is 1.11. The highest BCUT2D eigenvalue weighted by Crippen LogP contribution is 2.18. The minimum absolute atomic E-state index is 0.495. The zero-order valence-corrected chi connectivity index (χ0v) is 9.74. The van der Waals surface area contributed by atoms with Gasteiger partial charge in [-0.1, -0.05) is 18.2 Å². The summed E-state index contributed by atoms with van der Waals surface area (Å²) in [6, 6.07) is 8.67. The second-order valence-corrected chi connectivity index (χ2v) is 3.98. The molecule has 3 nitrogen and oxygen atoms in total. The van der Waals surface area contributed by atoms with Crippen molar-refractivity contribution in [1.82, 2.24) is 5.32 Å². The van der Waals surface area contributed by atoms with Crippen molar-refractivity contribution in [3.63, 3.8) is 0 Å². The summed E-state index contributed by atoms with van der Waals surface area (Å²) in [6.45, 7) is 5.28. The molecule has 0 radical (unpaired) electrons. The van der Waals surface area contributed by atoms with E-state index in [1.165, 1.54) is 5.56 Å². The number of hydrogen-bond donors (Lipinski definition) is 1. The fourth-order valence-electron chi connectivity index (χ4n) is 1.90. The van der Waals surface area contributed by atoms with Crippen molar-refractivity contribution in [1.29, 1.82) is 0 Å².